The van der Waals surface area contributed by atoms with Gasteiger partial charge in [-0.25, -0.2) is 14.4 Å². The molecular weight excluding hydrogens is 383 g/mol. The predicted molar refractivity (Wildman–Crippen MR) is 110 cm³/mol. The molecule has 2 aromatic carbocycles. The molecule has 30 heavy (non-hydrogen) atoms. The third-order valence-electron chi connectivity index (χ3n) is 4.56. The van der Waals surface area contributed by atoms with Gasteiger partial charge < -0.3 is 9.72 Å². The van der Waals surface area contributed by atoms with Crippen LogP contribution in [0.4, 0.5) is 4.39 Å². The van der Waals surface area contributed by atoms with E-state index in [4.69, 9.17) is 4.74 Å². The van der Waals surface area contributed by atoms with Crippen LogP contribution in [0.1, 0.15) is 22.5 Å². The van der Waals surface area contributed by atoms with E-state index < -0.39 is 0 Å². The molecule has 2 aromatic heterocycles. The third-order valence-corrected chi connectivity index (χ3v) is 4.56. The molecule has 0 aliphatic heterocycles. The summed E-state index contributed by atoms with van der Waals surface area (Å²) in [7, 11) is 0. The molecule has 0 unspecified atom stereocenters. The van der Waals surface area contributed by atoms with E-state index in [9.17, 15) is 9.18 Å². The number of aromatic amines is 1. The normalized spacial score (nSPS) is 10.7. The molecular formula is C23H19FN4O2. The van der Waals surface area contributed by atoms with Crippen molar-refractivity contribution < 1.29 is 9.13 Å². The van der Waals surface area contributed by atoms with Gasteiger partial charge in [-0.3, -0.25) is 4.79 Å². The summed E-state index contributed by atoms with van der Waals surface area (Å²) in [6, 6.07) is 13.5. The first kappa shape index (κ1) is 19.4. The second kappa shape index (κ2) is 9.09. The Morgan fingerprint density at radius 1 is 0.867 bits per heavy atom. The van der Waals surface area contributed by atoms with E-state index in [1.54, 1.807) is 30.7 Å². The Hall–Kier alpha value is -3.87. The van der Waals surface area contributed by atoms with E-state index in [2.05, 4.69) is 19.9 Å². The first-order valence-electron chi connectivity index (χ1n) is 9.49. The Kier molecular flexibility index (Phi) is 5.89. The standard InChI is InChI=1S/C23H19FN4O2/c24-19-4-8-21(9-5-19)30-20-6-1-16(2-7-20)3-10-22-27-14-18(23(29)28-22)11-17-12-25-15-26-13-17/h1-2,4-9,12-15H,3,10-11H2,(H,27,28,29). The Morgan fingerprint density at radius 3 is 2.20 bits per heavy atom. The maximum absolute atomic E-state index is 13.0. The zero-order valence-electron chi connectivity index (χ0n) is 16.1. The van der Waals surface area contributed by atoms with Crippen molar-refractivity contribution in [3.63, 3.8) is 0 Å². The molecule has 0 fully saturated rings. The number of halogens is 1. The molecule has 6 nitrogen and oxygen atoms in total. The van der Waals surface area contributed by atoms with E-state index in [0.29, 0.717) is 35.7 Å². The Bertz CT molecular complexity index is 1160. The van der Waals surface area contributed by atoms with Gasteiger partial charge in [0.1, 0.15) is 29.5 Å². The monoisotopic (exact) mass is 402 g/mol. The maximum atomic E-state index is 13.0. The quantitative estimate of drug-likeness (QED) is 0.508. The molecule has 0 aliphatic rings. The summed E-state index contributed by atoms with van der Waals surface area (Å²) in [5, 5.41) is 0. The van der Waals surface area contributed by atoms with Gasteiger partial charge in [-0.1, -0.05) is 12.1 Å². The van der Waals surface area contributed by atoms with Crippen molar-refractivity contribution in [3.05, 3.63) is 112 Å². The summed E-state index contributed by atoms with van der Waals surface area (Å²) in [5.41, 5.74) is 2.29. The van der Waals surface area contributed by atoms with Crippen LogP contribution in [0, 0.1) is 5.82 Å². The average Bonchev–Trinajstić information content (AvgIpc) is 2.77. The third kappa shape index (κ3) is 5.14. The molecule has 0 saturated heterocycles. The fourth-order valence-corrected chi connectivity index (χ4v) is 2.98. The number of nitrogens with zero attached hydrogens (tertiary/aromatic N) is 3. The zero-order valence-corrected chi connectivity index (χ0v) is 16.1. The first-order chi connectivity index (χ1) is 14.7. The highest BCUT2D eigenvalue weighted by Crippen LogP contribution is 2.22. The fourth-order valence-electron chi connectivity index (χ4n) is 2.98. The minimum Gasteiger partial charge on any atom is -0.457 e. The Balaban J connectivity index is 1.34. The number of nitrogens with one attached hydrogen (secondary N) is 1. The lowest BCUT2D eigenvalue weighted by Gasteiger charge is -2.07. The van der Waals surface area contributed by atoms with E-state index in [0.717, 1.165) is 17.5 Å². The highest BCUT2D eigenvalue weighted by molar-refractivity contribution is 5.33. The van der Waals surface area contributed by atoms with Crippen LogP contribution in [0.5, 0.6) is 11.5 Å². The van der Waals surface area contributed by atoms with Crippen molar-refractivity contribution >= 4 is 0 Å². The van der Waals surface area contributed by atoms with Crippen molar-refractivity contribution in [2.24, 2.45) is 0 Å². The molecule has 1 N–H and O–H groups in total. The molecule has 0 radical (unpaired) electrons. The number of hydrogen-bond donors (Lipinski definition) is 1. The van der Waals surface area contributed by atoms with Gasteiger partial charge in [-0.15, -0.1) is 0 Å². The van der Waals surface area contributed by atoms with Gasteiger partial charge in [0.25, 0.3) is 5.56 Å². The molecule has 2 heterocycles. The molecule has 0 aliphatic carbocycles. The van der Waals surface area contributed by atoms with E-state index >= 15 is 0 Å². The summed E-state index contributed by atoms with van der Waals surface area (Å²) in [6.45, 7) is 0. The predicted octanol–water partition coefficient (Wildman–Crippen LogP) is 3.87. The van der Waals surface area contributed by atoms with Crippen molar-refractivity contribution in [2.45, 2.75) is 19.3 Å². The average molecular weight is 402 g/mol. The van der Waals surface area contributed by atoms with E-state index in [1.807, 2.05) is 24.3 Å². The summed E-state index contributed by atoms with van der Waals surface area (Å²) < 4.78 is 18.7. The fraction of sp³-hybridized carbons (Fsp3) is 0.130. The van der Waals surface area contributed by atoms with Crippen LogP contribution in [0.15, 0.2) is 78.2 Å². The van der Waals surface area contributed by atoms with Gasteiger partial charge in [0, 0.05) is 37.0 Å². The van der Waals surface area contributed by atoms with Crippen molar-refractivity contribution in [2.75, 3.05) is 0 Å². The minimum atomic E-state index is -0.300. The minimum absolute atomic E-state index is 0.240. The van der Waals surface area contributed by atoms with Crippen LogP contribution in [0.3, 0.4) is 0 Å². The molecule has 0 amide bonds. The lowest BCUT2D eigenvalue weighted by molar-refractivity contribution is 0.480. The smallest absolute Gasteiger partial charge is 0.276 e. The van der Waals surface area contributed by atoms with Crippen molar-refractivity contribution in [3.8, 4) is 11.5 Å². The van der Waals surface area contributed by atoms with Gasteiger partial charge >= 0.3 is 0 Å². The molecule has 4 aromatic rings. The topological polar surface area (TPSA) is 80.8 Å². The summed E-state index contributed by atoms with van der Waals surface area (Å²) in [5.74, 6) is 1.59. The van der Waals surface area contributed by atoms with Crippen LogP contribution < -0.4 is 10.3 Å². The molecule has 4 rings (SSSR count). The molecule has 0 spiro atoms. The lowest BCUT2D eigenvalue weighted by Crippen LogP contribution is -2.17. The first-order valence-corrected chi connectivity index (χ1v) is 9.49. The van der Waals surface area contributed by atoms with Gasteiger partial charge in [0.05, 0.1) is 0 Å². The molecule has 7 heteroatoms. The molecule has 0 saturated carbocycles. The zero-order chi connectivity index (χ0) is 20.8. The van der Waals surface area contributed by atoms with Gasteiger partial charge in [-0.05, 0) is 53.9 Å². The second-order valence-electron chi connectivity index (χ2n) is 6.80. The molecule has 150 valence electrons. The van der Waals surface area contributed by atoms with Crippen LogP contribution in [0.2, 0.25) is 0 Å². The van der Waals surface area contributed by atoms with E-state index in [1.165, 1.54) is 18.5 Å². The van der Waals surface area contributed by atoms with Crippen LogP contribution in [-0.4, -0.2) is 19.9 Å². The number of rotatable bonds is 7. The number of aromatic nitrogens is 4. The van der Waals surface area contributed by atoms with Crippen LogP contribution in [-0.2, 0) is 19.3 Å². The molecule has 0 atom stereocenters. The van der Waals surface area contributed by atoms with Gasteiger partial charge in [0.15, 0.2) is 0 Å². The second-order valence-corrected chi connectivity index (χ2v) is 6.80. The van der Waals surface area contributed by atoms with E-state index in [-0.39, 0.29) is 11.4 Å². The molecule has 0 bridgehead atoms. The Morgan fingerprint density at radius 2 is 1.53 bits per heavy atom. The Labute approximate surface area is 172 Å². The summed E-state index contributed by atoms with van der Waals surface area (Å²) in [4.78, 5) is 27.5. The number of ether oxygens (including phenoxy) is 1. The van der Waals surface area contributed by atoms with Crippen molar-refractivity contribution in [1.82, 2.24) is 19.9 Å². The summed E-state index contributed by atoms with van der Waals surface area (Å²) in [6.07, 6.45) is 8.31. The highest BCUT2D eigenvalue weighted by Gasteiger charge is 2.06. The van der Waals surface area contributed by atoms with Crippen LogP contribution >= 0.6 is 0 Å². The van der Waals surface area contributed by atoms with Crippen LogP contribution in [0.25, 0.3) is 0 Å². The number of aryl methyl sites for hydroxylation is 2. The largest absolute Gasteiger partial charge is 0.457 e. The SMILES string of the molecule is O=c1nc(CCc2ccc(Oc3ccc(F)cc3)cc2)[nH]cc1Cc1cncnc1. The van der Waals surface area contributed by atoms with Gasteiger partial charge in [0.2, 0.25) is 0 Å². The number of benzene rings is 2. The lowest BCUT2D eigenvalue weighted by atomic mass is 10.1. The van der Waals surface area contributed by atoms with Crippen molar-refractivity contribution in [1.29, 1.82) is 0 Å². The highest BCUT2D eigenvalue weighted by atomic mass is 19.1. The summed E-state index contributed by atoms with van der Waals surface area (Å²) >= 11 is 0. The number of H-pyrrole nitrogens is 1. The maximum Gasteiger partial charge on any atom is 0.276 e. The van der Waals surface area contributed by atoms with Gasteiger partial charge in [-0.2, -0.15) is 4.98 Å². The number of hydrogen-bond acceptors (Lipinski definition) is 5.